The summed E-state index contributed by atoms with van der Waals surface area (Å²) in [5.74, 6) is 3.09. The molecule has 0 bridgehead atoms. The van der Waals surface area contributed by atoms with Crippen molar-refractivity contribution < 1.29 is 9.21 Å². The Bertz CT molecular complexity index is 916. The summed E-state index contributed by atoms with van der Waals surface area (Å²) in [5, 5.41) is 12.6. The zero-order valence-electron chi connectivity index (χ0n) is 15.2. The molecule has 1 amide bonds. The lowest BCUT2D eigenvalue weighted by atomic mass is 10.1. The van der Waals surface area contributed by atoms with Gasteiger partial charge in [-0.3, -0.25) is 4.79 Å². The molecule has 0 radical (unpaired) electrons. The lowest BCUT2D eigenvalue weighted by Crippen LogP contribution is -2.22. The van der Waals surface area contributed by atoms with Crippen LogP contribution in [0.15, 0.2) is 52.2 Å². The van der Waals surface area contributed by atoms with Crippen molar-refractivity contribution in [1.82, 2.24) is 20.1 Å². The highest BCUT2D eigenvalue weighted by molar-refractivity contribution is 7.98. The van der Waals surface area contributed by atoms with Crippen LogP contribution in [0.5, 0.6) is 0 Å². The fourth-order valence-electron chi connectivity index (χ4n) is 2.98. The number of aromatic nitrogens is 3. The number of carbonyl (C=O) groups is 1. The predicted molar refractivity (Wildman–Crippen MR) is 104 cm³/mol. The maximum absolute atomic E-state index is 12.4. The van der Waals surface area contributed by atoms with Gasteiger partial charge in [0.25, 0.3) is 5.91 Å². The van der Waals surface area contributed by atoms with Crippen LogP contribution in [-0.4, -0.2) is 20.7 Å². The molecule has 2 heterocycles. The van der Waals surface area contributed by atoms with Gasteiger partial charge in [0, 0.05) is 23.8 Å². The summed E-state index contributed by atoms with van der Waals surface area (Å²) in [4.78, 5) is 12.4. The van der Waals surface area contributed by atoms with E-state index in [4.69, 9.17) is 4.42 Å². The van der Waals surface area contributed by atoms with Crippen LogP contribution < -0.4 is 5.32 Å². The molecule has 0 aliphatic heterocycles. The van der Waals surface area contributed by atoms with Crippen molar-refractivity contribution in [3.05, 3.63) is 65.4 Å². The zero-order valence-corrected chi connectivity index (χ0v) is 16.0. The summed E-state index contributed by atoms with van der Waals surface area (Å²) in [6.45, 7) is 3.40. The summed E-state index contributed by atoms with van der Waals surface area (Å²) in [6, 6.07) is 11.4. The van der Waals surface area contributed by atoms with Crippen molar-refractivity contribution in [2.24, 2.45) is 0 Å². The second kappa shape index (κ2) is 8.00. The molecule has 7 heteroatoms. The van der Waals surface area contributed by atoms with Crippen LogP contribution in [0, 0.1) is 0 Å². The molecule has 27 heavy (non-hydrogen) atoms. The Kier molecular flexibility index (Phi) is 5.29. The normalized spacial score (nSPS) is 13.7. The number of thioether (sulfide) groups is 1. The molecular weight excluding hydrogens is 360 g/mol. The summed E-state index contributed by atoms with van der Waals surface area (Å²) in [6.07, 6.45) is 4.04. The summed E-state index contributed by atoms with van der Waals surface area (Å²) in [7, 11) is 0. The van der Waals surface area contributed by atoms with Gasteiger partial charge in [-0.2, -0.15) is 0 Å². The van der Waals surface area contributed by atoms with Crippen LogP contribution in [-0.2, 0) is 18.8 Å². The van der Waals surface area contributed by atoms with Gasteiger partial charge < -0.3 is 14.3 Å². The third-order valence-electron chi connectivity index (χ3n) is 4.56. The molecule has 6 nitrogen and oxygen atoms in total. The highest BCUT2D eigenvalue weighted by Crippen LogP contribution is 2.40. The monoisotopic (exact) mass is 382 g/mol. The molecule has 140 valence electrons. The number of hydrogen-bond donors (Lipinski definition) is 1. The van der Waals surface area contributed by atoms with Gasteiger partial charge in [0.15, 0.2) is 5.16 Å². The Morgan fingerprint density at radius 2 is 2.19 bits per heavy atom. The first kappa shape index (κ1) is 17.9. The van der Waals surface area contributed by atoms with Crippen molar-refractivity contribution >= 4 is 17.7 Å². The van der Waals surface area contributed by atoms with E-state index in [0.29, 0.717) is 18.0 Å². The van der Waals surface area contributed by atoms with Crippen LogP contribution in [0.25, 0.3) is 0 Å². The molecule has 0 spiro atoms. The van der Waals surface area contributed by atoms with Crippen molar-refractivity contribution in [3.8, 4) is 0 Å². The third-order valence-corrected chi connectivity index (χ3v) is 5.60. The molecule has 0 saturated heterocycles. The first-order valence-corrected chi connectivity index (χ1v) is 10.2. The molecule has 1 aliphatic carbocycles. The predicted octanol–water partition coefficient (Wildman–Crippen LogP) is 3.99. The second-order valence-electron chi connectivity index (χ2n) is 6.61. The average Bonchev–Trinajstić information content (AvgIpc) is 3.25. The lowest BCUT2D eigenvalue weighted by Gasteiger charge is -2.08. The Hall–Kier alpha value is -2.54. The fraction of sp³-hybridized carbons (Fsp3) is 0.350. The number of benzene rings is 1. The maximum atomic E-state index is 12.4. The van der Waals surface area contributed by atoms with Gasteiger partial charge in [-0.1, -0.05) is 23.9 Å². The molecular formula is C20H22N4O2S. The number of amides is 1. The number of nitrogens with one attached hydrogen (secondary N) is 1. The Balaban J connectivity index is 1.38. The Morgan fingerprint density at radius 1 is 1.30 bits per heavy atom. The van der Waals surface area contributed by atoms with E-state index >= 15 is 0 Å². The number of nitrogens with zero attached hydrogens (tertiary/aromatic N) is 3. The van der Waals surface area contributed by atoms with E-state index < -0.39 is 0 Å². The van der Waals surface area contributed by atoms with E-state index in [2.05, 4.69) is 27.0 Å². The van der Waals surface area contributed by atoms with E-state index in [1.807, 2.05) is 36.4 Å². The highest BCUT2D eigenvalue weighted by atomic mass is 32.2. The van der Waals surface area contributed by atoms with Crippen LogP contribution in [0.2, 0.25) is 0 Å². The largest absolute Gasteiger partial charge is 0.467 e. The number of carbonyl (C=O) groups excluding carboxylic acids is 1. The first-order chi connectivity index (χ1) is 13.2. The molecule has 1 saturated carbocycles. The van der Waals surface area contributed by atoms with Gasteiger partial charge in [0.1, 0.15) is 11.6 Å². The molecule has 1 aromatic carbocycles. The summed E-state index contributed by atoms with van der Waals surface area (Å²) < 4.78 is 7.45. The van der Waals surface area contributed by atoms with E-state index in [0.717, 1.165) is 34.6 Å². The van der Waals surface area contributed by atoms with Crippen LogP contribution in [0.4, 0.5) is 0 Å². The van der Waals surface area contributed by atoms with E-state index in [1.165, 1.54) is 12.8 Å². The van der Waals surface area contributed by atoms with Gasteiger partial charge in [-0.25, -0.2) is 0 Å². The first-order valence-electron chi connectivity index (χ1n) is 9.20. The number of hydrogen-bond acceptors (Lipinski definition) is 5. The Morgan fingerprint density at radius 3 is 2.93 bits per heavy atom. The Labute approximate surface area is 162 Å². The van der Waals surface area contributed by atoms with Gasteiger partial charge >= 0.3 is 0 Å². The topological polar surface area (TPSA) is 73.0 Å². The van der Waals surface area contributed by atoms with Gasteiger partial charge in [0.05, 0.1) is 12.8 Å². The van der Waals surface area contributed by atoms with Gasteiger partial charge in [-0.15, -0.1) is 10.2 Å². The number of rotatable bonds is 8. The maximum Gasteiger partial charge on any atom is 0.251 e. The van der Waals surface area contributed by atoms with Crippen LogP contribution in [0.1, 0.15) is 53.2 Å². The molecule has 3 aromatic rings. The minimum Gasteiger partial charge on any atom is -0.467 e. The average molecular weight is 382 g/mol. The minimum absolute atomic E-state index is 0.106. The second-order valence-corrected chi connectivity index (χ2v) is 7.55. The molecule has 2 aromatic heterocycles. The summed E-state index contributed by atoms with van der Waals surface area (Å²) >= 11 is 1.67. The molecule has 1 aliphatic rings. The standard InChI is InChI=1S/C20H22N4O2S/c1-2-24-18(15-8-9-15)22-23-20(24)27-13-14-5-3-6-16(11-14)19(25)21-12-17-7-4-10-26-17/h3-7,10-11,15H,2,8-9,12-13H2,1H3,(H,21,25). The van der Waals surface area contributed by atoms with E-state index in [1.54, 1.807) is 18.0 Å². The summed E-state index contributed by atoms with van der Waals surface area (Å²) in [5.41, 5.74) is 1.74. The molecule has 1 fully saturated rings. The quantitative estimate of drug-likeness (QED) is 0.596. The zero-order chi connectivity index (χ0) is 18.6. The van der Waals surface area contributed by atoms with Crippen molar-refractivity contribution in [1.29, 1.82) is 0 Å². The van der Waals surface area contributed by atoms with Crippen molar-refractivity contribution in [3.63, 3.8) is 0 Å². The van der Waals surface area contributed by atoms with E-state index in [9.17, 15) is 4.79 Å². The van der Waals surface area contributed by atoms with Gasteiger partial charge in [0.2, 0.25) is 0 Å². The molecule has 0 unspecified atom stereocenters. The number of furan rings is 1. The third kappa shape index (κ3) is 4.24. The smallest absolute Gasteiger partial charge is 0.251 e. The fourth-order valence-corrected chi connectivity index (χ4v) is 3.93. The van der Waals surface area contributed by atoms with Crippen molar-refractivity contribution in [2.45, 2.75) is 49.7 Å². The molecule has 4 rings (SSSR count). The van der Waals surface area contributed by atoms with Crippen LogP contribution in [0.3, 0.4) is 0 Å². The van der Waals surface area contributed by atoms with E-state index in [-0.39, 0.29) is 5.91 Å². The van der Waals surface area contributed by atoms with Crippen LogP contribution >= 0.6 is 11.8 Å². The molecule has 0 atom stereocenters. The lowest BCUT2D eigenvalue weighted by molar-refractivity contribution is 0.0948. The van der Waals surface area contributed by atoms with Gasteiger partial charge in [-0.05, 0) is 49.6 Å². The molecule has 1 N–H and O–H groups in total. The highest BCUT2D eigenvalue weighted by Gasteiger charge is 2.29. The SMILES string of the molecule is CCn1c(SCc2cccc(C(=O)NCc3ccco3)c2)nnc1C1CC1. The van der Waals surface area contributed by atoms with Crippen molar-refractivity contribution in [2.75, 3.05) is 0 Å². The minimum atomic E-state index is -0.106.